The highest BCUT2D eigenvalue weighted by atomic mass is 32.1. The van der Waals surface area contributed by atoms with E-state index in [9.17, 15) is 9.18 Å². The highest BCUT2D eigenvalue weighted by molar-refractivity contribution is 7.16. The maximum absolute atomic E-state index is 13.3. The first-order valence-electron chi connectivity index (χ1n) is 8.88. The molecule has 0 saturated heterocycles. The van der Waals surface area contributed by atoms with E-state index in [0.717, 1.165) is 15.8 Å². The maximum atomic E-state index is 13.3. The van der Waals surface area contributed by atoms with Crippen LogP contribution in [-0.4, -0.2) is 25.3 Å². The fraction of sp³-hybridized carbons (Fsp3) is 0.0476. The Morgan fingerprint density at radius 2 is 2.00 bits per heavy atom. The van der Waals surface area contributed by atoms with E-state index in [1.807, 2.05) is 18.2 Å². The second-order valence-electron chi connectivity index (χ2n) is 6.48. The molecule has 0 spiro atoms. The Kier molecular flexibility index (Phi) is 4.25. The number of nitrogens with zero attached hydrogens (tertiary/aromatic N) is 4. The molecule has 1 amide bonds. The van der Waals surface area contributed by atoms with Crippen LogP contribution in [0.15, 0.2) is 66.4 Å². The molecule has 0 atom stereocenters. The fourth-order valence-electron chi connectivity index (χ4n) is 3.19. The SMILES string of the molecule is O=C(Cc1ccc2ncsc2c1)Nc1c(-c2ccc(F)cc2)nc2ncccn12. The molecule has 1 N–H and O–H groups in total. The Bertz CT molecular complexity index is 1340. The normalized spacial score (nSPS) is 11.2. The van der Waals surface area contributed by atoms with Gasteiger partial charge in [0.25, 0.3) is 0 Å². The minimum absolute atomic E-state index is 0.178. The molecule has 0 radical (unpaired) electrons. The van der Waals surface area contributed by atoms with E-state index in [1.54, 1.807) is 51.8 Å². The van der Waals surface area contributed by atoms with Gasteiger partial charge in [-0.15, -0.1) is 11.3 Å². The summed E-state index contributed by atoms with van der Waals surface area (Å²) in [7, 11) is 0. The Balaban J connectivity index is 1.49. The number of fused-ring (bicyclic) bond motifs is 2. The number of halogens is 1. The monoisotopic (exact) mass is 403 g/mol. The molecule has 0 aliphatic heterocycles. The number of carbonyl (C=O) groups is 1. The smallest absolute Gasteiger partial charge is 0.235 e. The lowest BCUT2D eigenvalue weighted by Gasteiger charge is -2.08. The topological polar surface area (TPSA) is 72.2 Å². The average molecular weight is 403 g/mol. The fourth-order valence-corrected chi connectivity index (χ4v) is 3.93. The molecular weight excluding hydrogens is 389 g/mol. The van der Waals surface area contributed by atoms with Gasteiger partial charge >= 0.3 is 0 Å². The number of amides is 1. The number of aromatic nitrogens is 4. The van der Waals surface area contributed by atoms with Gasteiger partial charge in [-0.05, 0) is 48.0 Å². The van der Waals surface area contributed by atoms with Crippen molar-refractivity contribution in [2.45, 2.75) is 6.42 Å². The van der Waals surface area contributed by atoms with Crippen molar-refractivity contribution in [3.63, 3.8) is 0 Å². The van der Waals surface area contributed by atoms with E-state index in [0.29, 0.717) is 22.9 Å². The van der Waals surface area contributed by atoms with Gasteiger partial charge in [-0.2, -0.15) is 0 Å². The summed E-state index contributed by atoms with van der Waals surface area (Å²) in [5, 5.41) is 2.95. The Hall–Kier alpha value is -3.65. The van der Waals surface area contributed by atoms with Crippen LogP contribution in [0, 0.1) is 5.82 Å². The second-order valence-corrected chi connectivity index (χ2v) is 7.37. The number of anilines is 1. The Labute approximate surface area is 168 Å². The molecule has 6 nitrogen and oxygen atoms in total. The summed E-state index contributed by atoms with van der Waals surface area (Å²) in [6, 6.07) is 13.5. The average Bonchev–Trinajstić information content (AvgIpc) is 3.33. The van der Waals surface area contributed by atoms with E-state index < -0.39 is 0 Å². The largest absolute Gasteiger partial charge is 0.310 e. The van der Waals surface area contributed by atoms with Gasteiger partial charge in [0.2, 0.25) is 11.7 Å². The number of benzene rings is 2. The molecule has 2 aromatic carbocycles. The number of imidazole rings is 1. The van der Waals surface area contributed by atoms with Crippen molar-refractivity contribution < 1.29 is 9.18 Å². The minimum atomic E-state index is -0.334. The van der Waals surface area contributed by atoms with Crippen molar-refractivity contribution in [3.05, 3.63) is 77.8 Å². The van der Waals surface area contributed by atoms with Gasteiger partial charge < -0.3 is 5.32 Å². The molecule has 0 bridgehead atoms. The molecule has 0 unspecified atom stereocenters. The molecule has 0 fully saturated rings. The van der Waals surface area contributed by atoms with Crippen LogP contribution in [-0.2, 0) is 11.2 Å². The van der Waals surface area contributed by atoms with Gasteiger partial charge in [0.15, 0.2) is 0 Å². The van der Waals surface area contributed by atoms with Crippen LogP contribution in [0.1, 0.15) is 5.56 Å². The number of carbonyl (C=O) groups excluding carboxylic acids is 1. The molecule has 5 aromatic rings. The summed E-state index contributed by atoms with van der Waals surface area (Å²) < 4.78 is 16.1. The zero-order chi connectivity index (χ0) is 19.8. The summed E-state index contributed by atoms with van der Waals surface area (Å²) in [6.07, 6.45) is 3.62. The number of nitrogens with one attached hydrogen (secondary N) is 1. The molecule has 5 rings (SSSR count). The summed E-state index contributed by atoms with van der Waals surface area (Å²) >= 11 is 1.54. The van der Waals surface area contributed by atoms with E-state index in [-0.39, 0.29) is 18.1 Å². The number of rotatable bonds is 4. The molecule has 142 valence electrons. The Morgan fingerprint density at radius 1 is 1.14 bits per heavy atom. The highest BCUT2D eigenvalue weighted by Crippen LogP contribution is 2.28. The summed E-state index contributed by atoms with van der Waals surface area (Å²) in [4.78, 5) is 25.8. The lowest BCUT2D eigenvalue weighted by Crippen LogP contribution is -2.16. The summed E-state index contributed by atoms with van der Waals surface area (Å²) in [5.74, 6) is 0.444. The van der Waals surface area contributed by atoms with Crippen molar-refractivity contribution in [1.82, 2.24) is 19.4 Å². The third-order valence-electron chi connectivity index (χ3n) is 4.54. The minimum Gasteiger partial charge on any atom is -0.310 e. The van der Waals surface area contributed by atoms with E-state index >= 15 is 0 Å². The van der Waals surface area contributed by atoms with Crippen LogP contribution in [0.25, 0.3) is 27.3 Å². The predicted molar refractivity (Wildman–Crippen MR) is 110 cm³/mol. The zero-order valence-electron chi connectivity index (χ0n) is 15.0. The standard InChI is InChI=1S/C21H14FN5OS/c22-15-5-3-14(4-6-15)19-20(27-9-1-8-23-21(27)26-19)25-18(28)11-13-2-7-16-17(10-13)29-12-24-16/h1-10,12H,11H2,(H,25,28). The number of thiazole rings is 1. The quantitative estimate of drug-likeness (QED) is 0.485. The molecule has 8 heteroatoms. The van der Waals surface area contributed by atoms with Crippen LogP contribution < -0.4 is 5.32 Å². The van der Waals surface area contributed by atoms with Crippen molar-refractivity contribution in [3.8, 4) is 11.3 Å². The van der Waals surface area contributed by atoms with Gasteiger partial charge in [0, 0.05) is 18.0 Å². The van der Waals surface area contributed by atoms with Crippen molar-refractivity contribution in [2.24, 2.45) is 0 Å². The molecule has 29 heavy (non-hydrogen) atoms. The van der Waals surface area contributed by atoms with Crippen LogP contribution in [0.5, 0.6) is 0 Å². The van der Waals surface area contributed by atoms with Gasteiger partial charge in [0.1, 0.15) is 17.3 Å². The van der Waals surface area contributed by atoms with Crippen LogP contribution in [0.3, 0.4) is 0 Å². The Morgan fingerprint density at radius 3 is 2.86 bits per heavy atom. The van der Waals surface area contributed by atoms with Crippen LogP contribution in [0.2, 0.25) is 0 Å². The zero-order valence-corrected chi connectivity index (χ0v) is 15.9. The first-order valence-corrected chi connectivity index (χ1v) is 9.76. The van der Waals surface area contributed by atoms with E-state index in [2.05, 4.69) is 20.3 Å². The van der Waals surface area contributed by atoms with Gasteiger partial charge in [-0.3, -0.25) is 9.20 Å². The van der Waals surface area contributed by atoms with Crippen molar-refractivity contribution in [2.75, 3.05) is 5.32 Å². The van der Waals surface area contributed by atoms with Crippen molar-refractivity contribution in [1.29, 1.82) is 0 Å². The highest BCUT2D eigenvalue weighted by Gasteiger charge is 2.17. The van der Waals surface area contributed by atoms with Gasteiger partial charge in [-0.25, -0.2) is 19.3 Å². The summed E-state index contributed by atoms with van der Waals surface area (Å²) in [6.45, 7) is 0. The third-order valence-corrected chi connectivity index (χ3v) is 5.33. The van der Waals surface area contributed by atoms with Crippen LogP contribution >= 0.6 is 11.3 Å². The predicted octanol–water partition coefficient (Wildman–Crippen LogP) is 4.33. The molecule has 0 aliphatic carbocycles. The van der Waals surface area contributed by atoms with Gasteiger partial charge in [-0.1, -0.05) is 6.07 Å². The van der Waals surface area contributed by atoms with E-state index in [4.69, 9.17) is 0 Å². The van der Waals surface area contributed by atoms with Crippen molar-refractivity contribution >= 4 is 39.1 Å². The number of hydrogen-bond acceptors (Lipinski definition) is 5. The molecule has 0 saturated carbocycles. The number of hydrogen-bond donors (Lipinski definition) is 1. The van der Waals surface area contributed by atoms with Gasteiger partial charge in [0.05, 0.1) is 22.1 Å². The summed E-state index contributed by atoms with van der Waals surface area (Å²) in [5.41, 5.74) is 4.84. The maximum Gasteiger partial charge on any atom is 0.235 e. The third kappa shape index (κ3) is 3.34. The van der Waals surface area contributed by atoms with Crippen LogP contribution in [0.4, 0.5) is 10.2 Å². The van der Waals surface area contributed by atoms with E-state index in [1.165, 1.54) is 12.1 Å². The second kappa shape index (κ2) is 7.06. The first kappa shape index (κ1) is 17.4. The molecule has 3 aromatic heterocycles. The lowest BCUT2D eigenvalue weighted by atomic mass is 10.1. The molecule has 0 aliphatic rings. The first-order chi connectivity index (χ1) is 14.2. The molecular formula is C21H14FN5OS. The lowest BCUT2D eigenvalue weighted by molar-refractivity contribution is -0.115. The molecule has 3 heterocycles.